The maximum absolute atomic E-state index is 11.0. The van der Waals surface area contributed by atoms with Gasteiger partial charge in [0.1, 0.15) is 0 Å². The maximum Gasteiger partial charge on any atom is 0.323 e. The minimum Gasteiger partial charge on any atom is -0.314 e. The highest BCUT2D eigenvalue weighted by molar-refractivity contribution is 6.03. The van der Waals surface area contributed by atoms with E-state index in [0.717, 1.165) is 19.5 Å². The number of nitrogens with one attached hydrogen (secondary N) is 2. The average Bonchev–Trinajstić information content (AvgIpc) is 2.07. The predicted molar refractivity (Wildman–Crippen MR) is 36.7 cm³/mol. The second-order valence-corrected chi connectivity index (χ2v) is 2.75. The van der Waals surface area contributed by atoms with Gasteiger partial charge in [-0.1, -0.05) is 0 Å². The molecule has 2 saturated heterocycles. The van der Waals surface area contributed by atoms with Crippen molar-refractivity contribution in [3.05, 3.63) is 0 Å². The number of imide groups is 1. The van der Waals surface area contributed by atoms with Gasteiger partial charge in [0.25, 0.3) is 5.91 Å². The Kier molecular flexibility index (Phi) is 1.32. The molecule has 2 aliphatic heterocycles. The summed E-state index contributed by atoms with van der Waals surface area (Å²) in [5.41, 5.74) is 0. The lowest BCUT2D eigenvalue weighted by molar-refractivity contribution is -0.125. The second-order valence-electron chi connectivity index (χ2n) is 2.75. The van der Waals surface area contributed by atoms with Gasteiger partial charge in [-0.15, -0.1) is 0 Å². The van der Waals surface area contributed by atoms with Gasteiger partial charge in [0, 0.05) is 13.1 Å². The molecule has 0 aliphatic carbocycles. The van der Waals surface area contributed by atoms with Crippen LogP contribution < -0.4 is 10.6 Å². The molecule has 0 aromatic heterocycles. The zero-order valence-corrected chi connectivity index (χ0v) is 5.96. The zero-order chi connectivity index (χ0) is 7.84. The minimum atomic E-state index is -0.406. The zero-order valence-electron chi connectivity index (χ0n) is 5.96. The van der Waals surface area contributed by atoms with Crippen molar-refractivity contribution in [1.82, 2.24) is 15.5 Å². The third kappa shape index (κ3) is 0.970. The number of nitrogens with zero attached hydrogens (tertiary/aromatic N) is 1. The Hall–Kier alpha value is -1.10. The van der Waals surface area contributed by atoms with E-state index >= 15 is 0 Å². The highest BCUT2D eigenvalue weighted by atomic mass is 16.2. The molecule has 3 amide bonds. The van der Waals surface area contributed by atoms with Crippen LogP contribution in [0.2, 0.25) is 0 Å². The van der Waals surface area contributed by atoms with Gasteiger partial charge in [-0.2, -0.15) is 0 Å². The molecule has 60 valence electrons. The summed E-state index contributed by atoms with van der Waals surface area (Å²) >= 11 is 0. The first-order chi connectivity index (χ1) is 5.27. The first-order valence-corrected chi connectivity index (χ1v) is 3.63. The van der Waals surface area contributed by atoms with Crippen molar-refractivity contribution in [2.45, 2.75) is 12.6 Å². The van der Waals surface area contributed by atoms with Crippen LogP contribution in [0.15, 0.2) is 0 Å². The lowest BCUT2D eigenvalue weighted by Crippen LogP contribution is -2.53. The molecule has 2 N–H and O–H groups in total. The summed E-state index contributed by atoms with van der Waals surface area (Å²) in [7, 11) is 0. The maximum atomic E-state index is 11.0. The van der Waals surface area contributed by atoms with Crippen molar-refractivity contribution < 1.29 is 9.59 Å². The number of rotatable bonds is 1. The highest BCUT2D eigenvalue weighted by Crippen LogP contribution is 2.11. The molecular formula is C6H9N3O2. The van der Waals surface area contributed by atoms with Crippen molar-refractivity contribution in [1.29, 1.82) is 0 Å². The molecule has 2 aliphatic rings. The Labute approximate surface area is 63.7 Å². The summed E-state index contributed by atoms with van der Waals surface area (Å²) < 4.78 is 0. The summed E-state index contributed by atoms with van der Waals surface area (Å²) in [5, 5.41) is 4.72. The molecular weight excluding hydrogens is 146 g/mol. The first kappa shape index (κ1) is 6.60. The standard InChI is InChI=1S/C6H9N3O2/c10-5-4(7-6(11)8-5)9-2-1-3-9/h4H,1-3H2,(H2,7,8,10,11). The molecule has 2 fully saturated rings. The van der Waals surface area contributed by atoms with Crippen LogP contribution in [0.25, 0.3) is 0 Å². The third-order valence-electron chi connectivity index (χ3n) is 2.01. The Bertz CT molecular complexity index is 212. The monoisotopic (exact) mass is 155 g/mol. The quantitative estimate of drug-likeness (QED) is 0.470. The van der Waals surface area contributed by atoms with Crippen molar-refractivity contribution in [2.24, 2.45) is 0 Å². The van der Waals surface area contributed by atoms with Gasteiger partial charge in [0.2, 0.25) is 0 Å². The number of urea groups is 1. The SMILES string of the molecule is O=C1NC(=O)C(N2CCC2)N1. The van der Waals surface area contributed by atoms with Crippen molar-refractivity contribution in [3.63, 3.8) is 0 Å². The van der Waals surface area contributed by atoms with E-state index in [4.69, 9.17) is 0 Å². The third-order valence-corrected chi connectivity index (χ3v) is 2.01. The van der Waals surface area contributed by atoms with Crippen LogP contribution in [-0.4, -0.2) is 36.1 Å². The molecule has 11 heavy (non-hydrogen) atoms. The van der Waals surface area contributed by atoms with Crippen LogP contribution >= 0.6 is 0 Å². The number of carbonyl (C=O) groups is 2. The molecule has 1 unspecified atom stereocenters. The molecule has 0 aromatic rings. The van der Waals surface area contributed by atoms with Crippen LogP contribution in [0.4, 0.5) is 4.79 Å². The van der Waals surface area contributed by atoms with Crippen LogP contribution in [0, 0.1) is 0 Å². The normalized spacial score (nSPS) is 31.1. The van der Waals surface area contributed by atoms with E-state index in [1.807, 2.05) is 4.90 Å². The Balaban J connectivity index is 2.02. The molecule has 0 aromatic carbocycles. The molecule has 2 rings (SSSR count). The summed E-state index contributed by atoms with van der Waals surface area (Å²) in [6.07, 6.45) is 0.705. The number of hydrogen-bond donors (Lipinski definition) is 2. The molecule has 5 nitrogen and oxygen atoms in total. The Morgan fingerprint density at radius 3 is 2.45 bits per heavy atom. The Morgan fingerprint density at radius 1 is 1.36 bits per heavy atom. The number of carbonyl (C=O) groups excluding carboxylic acids is 2. The molecule has 0 bridgehead atoms. The summed E-state index contributed by atoms with van der Waals surface area (Å²) in [6.45, 7) is 1.80. The van der Waals surface area contributed by atoms with Crippen molar-refractivity contribution >= 4 is 11.9 Å². The van der Waals surface area contributed by atoms with E-state index in [1.54, 1.807) is 0 Å². The van der Waals surface area contributed by atoms with Crippen molar-refractivity contribution in [3.8, 4) is 0 Å². The van der Waals surface area contributed by atoms with Crippen LogP contribution in [0.5, 0.6) is 0 Å². The van der Waals surface area contributed by atoms with Gasteiger partial charge < -0.3 is 5.32 Å². The highest BCUT2D eigenvalue weighted by Gasteiger charge is 2.36. The van der Waals surface area contributed by atoms with Crippen LogP contribution in [-0.2, 0) is 4.79 Å². The van der Waals surface area contributed by atoms with Gasteiger partial charge in [0.05, 0.1) is 0 Å². The Morgan fingerprint density at radius 2 is 2.09 bits per heavy atom. The van der Waals surface area contributed by atoms with E-state index in [2.05, 4.69) is 10.6 Å². The summed E-state index contributed by atoms with van der Waals surface area (Å²) in [6, 6.07) is -0.383. The predicted octanol–water partition coefficient (Wildman–Crippen LogP) is -1.14. The van der Waals surface area contributed by atoms with Crippen molar-refractivity contribution in [2.75, 3.05) is 13.1 Å². The topological polar surface area (TPSA) is 61.4 Å². The molecule has 0 spiro atoms. The number of amides is 3. The summed E-state index contributed by atoms with van der Waals surface area (Å²) in [4.78, 5) is 23.6. The first-order valence-electron chi connectivity index (χ1n) is 3.63. The van der Waals surface area contributed by atoms with Gasteiger partial charge in [-0.05, 0) is 6.42 Å². The second kappa shape index (κ2) is 2.20. The van der Waals surface area contributed by atoms with E-state index < -0.39 is 6.17 Å². The van der Waals surface area contributed by atoms with E-state index in [-0.39, 0.29) is 11.9 Å². The largest absolute Gasteiger partial charge is 0.323 e. The minimum absolute atomic E-state index is 0.227. The average molecular weight is 155 g/mol. The van der Waals surface area contributed by atoms with Gasteiger partial charge in [-0.3, -0.25) is 15.0 Å². The van der Waals surface area contributed by atoms with Crippen LogP contribution in [0.3, 0.4) is 0 Å². The molecule has 0 radical (unpaired) electrons. The fraction of sp³-hybridized carbons (Fsp3) is 0.667. The van der Waals surface area contributed by atoms with E-state index in [9.17, 15) is 9.59 Å². The molecule has 1 atom stereocenters. The van der Waals surface area contributed by atoms with Gasteiger partial charge >= 0.3 is 6.03 Å². The van der Waals surface area contributed by atoms with Gasteiger partial charge in [-0.25, -0.2) is 4.79 Å². The summed E-state index contributed by atoms with van der Waals surface area (Å²) in [5.74, 6) is -0.227. The lowest BCUT2D eigenvalue weighted by Gasteiger charge is -2.33. The molecule has 5 heteroatoms. The molecule has 2 heterocycles. The smallest absolute Gasteiger partial charge is 0.314 e. The lowest BCUT2D eigenvalue weighted by atomic mass is 10.2. The molecule has 0 saturated carbocycles. The number of likely N-dealkylation sites (tertiary alicyclic amines) is 1. The van der Waals surface area contributed by atoms with Crippen LogP contribution in [0.1, 0.15) is 6.42 Å². The fourth-order valence-corrected chi connectivity index (χ4v) is 1.26. The van der Waals surface area contributed by atoms with E-state index in [1.165, 1.54) is 0 Å². The fourth-order valence-electron chi connectivity index (χ4n) is 1.26. The number of hydrogen-bond acceptors (Lipinski definition) is 3. The van der Waals surface area contributed by atoms with E-state index in [0.29, 0.717) is 0 Å². The van der Waals surface area contributed by atoms with Gasteiger partial charge in [0.15, 0.2) is 6.17 Å².